The largest absolute Gasteiger partial charge is 0.381 e. The van der Waals surface area contributed by atoms with Crippen LogP contribution in [0.15, 0.2) is 0 Å². The van der Waals surface area contributed by atoms with Gasteiger partial charge in [0, 0.05) is 13.1 Å². The summed E-state index contributed by atoms with van der Waals surface area (Å²) in [7, 11) is 0. The summed E-state index contributed by atoms with van der Waals surface area (Å²) in [4.78, 5) is 13.1. The van der Waals surface area contributed by atoms with E-state index in [1.165, 1.54) is 13.8 Å². The minimum absolute atomic E-state index is 0.217. The predicted octanol–water partition coefficient (Wildman–Crippen LogP) is -0.384. The van der Waals surface area contributed by atoms with E-state index in [1.807, 2.05) is 0 Å². The molecule has 0 saturated carbocycles. The van der Waals surface area contributed by atoms with Gasteiger partial charge in [0.2, 0.25) is 0 Å². The number of amides is 1. The van der Waals surface area contributed by atoms with Gasteiger partial charge in [0.25, 0.3) is 5.91 Å². The molecule has 0 aromatic rings. The molecule has 70 valence electrons. The highest BCUT2D eigenvalue weighted by Gasteiger charge is 2.29. The van der Waals surface area contributed by atoms with Crippen molar-refractivity contribution in [2.75, 3.05) is 26.3 Å². The molecule has 4 nitrogen and oxygen atoms in total. The number of hydrogen-bond donors (Lipinski definition) is 1. The van der Waals surface area contributed by atoms with Crippen LogP contribution >= 0.6 is 0 Å². The van der Waals surface area contributed by atoms with Gasteiger partial charge in [-0.1, -0.05) is 0 Å². The quantitative estimate of drug-likeness (QED) is 0.588. The summed E-state index contributed by atoms with van der Waals surface area (Å²) in [6.45, 7) is 5.32. The molecule has 1 N–H and O–H groups in total. The zero-order chi connectivity index (χ0) is 9.19. The summed E-state index contributed by atoms with van der Waals surface area (Å²) in [5, 5.41) is 9.41. The minimum atomic E-state index is -1.25. The van der Waals surface area contributed by atoms with Gasteiger partial charge in [-0.25, -0.2) is 0 Å². The lowest BCUT2D eigenvalue weighted by atomic mass is 10.1. The molecular weight excluding hydrogens is 158 g/mol. The molecule has 1 amide bonds. The molecule has 0 aliphatic carbocycles. The monoisotopic (exact) mass is 173 g/mol. The Labute approximate surface area is 72.1 Å². The number of hydrogen-bond acceptors (Lipinski definition) is 3. The first-order valence-corrected chi connectivity index (χ1v) is 4.11. The topological polar surface area (TPSA) is 49.8 Å². The second kappa shape index (κ2) is 3.41. The first-order valence-electron chi connectivity index (χ1n) is 4.11. The SMILES string of the molecule is CC(C)(O)C(=O)N1CCOCC1. The summed E-state index contributed by atoms with van der Waals surface area (Å²) >= 11 is 0. The Balaban J connectivity index is 2.51. The standard InChI is InChI=1S/C8H15NO3/c1-8(2,11)7(10)9-3-5-12-6-4-9/h11H,3-6H2,1-2H3. The van der Waals surface area contributed by atoms with Crippen molar-refractivity contribution in [3.05, 3.63) is 0 Å². The Bertz CT molecular complexity index is 168. The molecule has 0 bridgehead atoms. The summed E-state index contributed by atoms with van der Waals surface area (Å²) in [6, 6.07) is 0. The van der Waals surface area contributed by atoms with Crippen molar-refractivity contribution in [1.29, 1.82) is 0 Å². The highest BCUT2D eigenvalue weighted by molar-refractivity contribution is 5.84. The molecule has 1 aliphatic rings. The molecule has 0 atom stereocenters. The van der Waals surface area contributed by atoms with Crippen LogP contribution in [0, 0.1) is 0 Å². The Morgan fingerprint density at radius 3 is 2.33 bits per heavy atom. The van der Waals surface area contributed by atoms with Crippen molar-refractivity contribution in [3.8, 4) is 0 Å². The molecule has 1 rings (SSSR count). The Morgan fingerprint density at radius 1 is 1.42 bits per heavy atom. The Kier molecular flexibility index (Phi) is 2.69. The average molecular weight is 173 g/mol. The van der Waals surface area contributed by atoms with Gasteiger partial charge in [0.05, 0.1) is 13.2 Å². The maximum absolute atomic E-state index is 11.4. The van der Waals surface area contributed by atoms with Gasteiger partial charge in [-0.2, -0.15) is 0 Å². The van der Waals surface area contributed by atoms with E-state index in [0.29, 0.717) is 26.3 Å². The van der Waals surface area contributed by atoms with Crippen LogP contribution in [0.2, 0.25) is 0 Å². The van der Waals surface area contributed by atoms with Crippen molar-refractivity contribution in [2.24, 2.45) is 0 Å². The van der Waals surface area contributed by atoms with Crippen molar-refractivity contribution in [2.45, 2.75) is 19.4 Å². The van der Waals surface area contributed by atoms with Crippen LogP contribution in [-0.2, 0) is 9.53 Å². The molecule has 0 spiro atoms. The molecule has 1 heterocycles. The lowest BCUT2D eigenvalue weighted by molar-refractivity contribution is -0.151. The fourth-order valence-corrected chi connectivity index (χ4v) is 1.15. The zero-order valence-corrected chi connectivity index (χ0v) is 7.54. The van der Waals surface area contributed by atoms with Crippen LogP contribution in [0.1, 0.15) is 13.8 Å². The van der Waals surface area contributed by atoms with Gasteiger partial charge in [-0.3, -0.25) is 4.79 Å². The molecule has 1 aliphatic heterocycles. The zero-order valence-electron chi connectivity index (χ0n) is 7.54. The predicted molar refractivity (Wildman–Crippen MR) is 43.7 cm³/mol. The third kappa shape index (κ3) is 2.19. The van der Waals surface area contributed by atoms with Gasteiger partial charge in [0.15, 0.2) is 0 Å². The molecule has 12 heavy (non-hydrogen) atoms. The van der Waals surface area contributed by atoms with Crippen molar-refractivity contribution < 1.29 is 14.6 Å². The van der Waals surface area contributed by atoms with E-state index >= 15 is 0 Å². The molecule has 0 unspecified atom stereocenters. The number of rotatable bonds is 1. The van der Waals surface area contributed by atoms with Crippen molar-refractivity contribution in [3.63, 3.8) is 0 Å². The number of morpholine rings is 1. The number of ether oxygens (including phenoxy) is 1. The first-order chi connectivity index (χ1) is 5.52. The lowest BCUT2D eigenvalue weighted by Crippen LogP contribution is -2.49. The van der Waals surface area contributed by atoms with Crippen LogP contribution in [0.3, 0.4) is 0 Å². The molecule has 1 fully saturated rings. The molecule has 4 heteroatoms. The van der Waals surface area contributed by atoms with E-state index in [2.05, 4.69) is 0 Å². The third-order valence-corrected chi connectivity index (χ3v) is 1.82. The van der Waals surface area contributed by atoms with Crippen LogP contribution in [0.25, 0.3) is 0 Å². The van der Waals surface area contributed by atoms with Crippen LogP contribution in [0.5, 0.6) is 0 Å². The van der Waals surface area contributed by atoms with Gasteiger partial charge >= 0.3 is 0 Å². The van der Waals surface area contributed by atoms with Crippen LogP contribution < -0.4 is 0 Å². The summed E-state index contributed by atoms with van der Waals surface area (Å²) in [6.07, 6.45) is 0. The second-order valence-electron chi connectivity index (χ2n) is 3.46. The highest BCUT2D eigenvalue weighted by atomic mass is 16.5. The minimum Gasteiger partial charge on any atom is -0.381 e. The second-order valence-corrected chi connectivity index (χ2v) is 3.46. The number of nitrogens with zero attached hydrogens (tertiary/aromatic N) is 1. The van der Waals surface area contributed by atoms with E-state index in [9.17, 15) is 9.90 Å². The molecule has 0 aromatic heterocycles. The fraction of sp³-hybridized carbons (Fsp3) is 0.875. The number of carbonyl (C=O) groups excluding carboxylic acids is 1. The lowest BCUT2D eigenvalue weighted by Gasteiger charge is -2.31. The van der Waals surface area contributed by atoms with Crippen LogP contribution in [0.4, 0.5) is 0 Å². The average Bonchev–Trinajstić information content (AvgIpc) is 2.03. The van der Waals surface area contributed by atoms with E-state index in [-0.39, 0.29) is 5.91 Å². The maximum atomic E-state index is 11.4. The Morgan fingerprint density at radius 2 is 1.92 bits per heavy atom. The summed E-state index contributed by atoms with van der Waals surface area (Å²) in [5.74, 6) is -0.217. The van der Waals surface area contributed by atoms with Crippen molar-refractivity contribution >= 4 is 5.91 Å². The molecule has 1 saturated heterocycles. The van der Waals surface area contributed by atoms with Gasteiger partial charge < -0.3 is 14.7 Å². The maximum Gasteiger partial charge on any atom is 0.254 e. The smallest absolute Gasteiger partial charge is 0.254 e. The highest BCUT2D eigenvalue weighted by Crippen LogP contribution is 2.08. The van der Waals surface area contributed by atoms with Gasteiger partial charge in [-0.15, -0.1) is 0 Å². The van der Waals surface area contributed by atoms with E-state index in [4.69, 9.17) is 4.74 Å². The number of carbonyl (C=O) groups is 1. The third-order valence-electron chi connectivity index (χ3n) is 1.82. The molecule has 0 aromatic carbocycles. The summed E-state index contributed by atoms with van der Waals surface area (Å²) in [5.41, 5.74) is -1.25. The fourth-order valence-electron chi connectivity index (χ4n) is 1.15. The normalized spacial score (nSPS) is 19.4. The summed E-state index contributed by atoms with van der Waals surface area (Å²) < 4.78 is 5.09. The van der Waals surface area contributed by atoms with Crippen molar-refractivity contribution in [1.82, 2.24) is 4.90 Å². The van der Waals surface area contributed by atoms with E-state index in [1.54, 1.807) is 4.90 Å². The molecule has 0 radical (unpaired) electrons. The Hall–Kier alpha value is -0.610. The first kappa shape index (κ1) is 9.48. The number of aliphatic hydroxyl groups is 1. The van der Waals surface area contributed by atoms with Gasteiger partial charge in [0.1, 0.15) is 5.60 Å². The van der Waals surface area contributed by atoms with E-state index in [0.717, 1.165) is 0 Å². The van der Waals surface area contributed by atoms with Gasteiger partial charge in [-0.05, 0) is 13.8 Å². The van der Waals surface area contributed by atoms with Crippen LogP contribution in [-0.4, -0.2) is 47.8 Å². The molecular formula is C8H15NO3. The van der Waals surface area contributed by atoms with E-state index < -0.39 is 5.60 Å².